The first kappa shape index (κ1) is 14.0. The lowest BCUT2D eigenvalue weighted by molar-refractivity contribution is 0.588. The van der Waals surface area contributed by atoms with E-state index in [0.717, 1.165) is 12.8 Å². The van der Waals surface area contributed by atoms with Gasteiger partial charge >= 0.3 is 0 Å². The molecule has 0 radical (unpaired) electrons. The number of benzene rings is 1. The van der Waals surface area contributed by atoms with Crippen molar-refractivity contribution in [3.8, 4) is 0 Å². The lowest BCUT2D eigenvalue weighted by Gasteiger charge is -2.23. The van der Waals surface area contributed by atoms with Crippen LogP contribution in [-0.4, -0.2) is 19.4 Å². The quantitative estimate of drug-likeness (QED) is 0.853. The van der Waals surface area contributed by atoms with Gasteiger partial charge in [0.05, 0.1) is 5.75 Å². The molecule has 1 heterocycles. The Morgan fingerprint density at radius 3 is 2.43 bits per heavy atom. The number of hydrogen-bond acceptors (Lipinski definition) is 3. The van der Waals surface area contributed by atoms with Gasteiger partial charge in [0.15, 0.2) is 0 Å². The van der Waals surface area contributed by atoms with Crippen LogP contribution in [0.3, 0.4) is 0 Å². The van der Waals surface area contributed by atoms with Crippen molar-refractivity contribution < 1.29 is 12.8 Å². The number of halogens is 1. The second kappa shape index (κ2) is 5.44. The van der Waals surface area contributed by atoms with Crippen LogP contribution >= 0.6 is 0 Å². The summed E-state index contributed by atoms with van der Waals surface area (Å²) in [7, 11) is -3.53. The van der Waals surface area contributed by atoms with Crippen molar-refractivity contribution in [3.05, 3.63) is 60.0 Å². The van der Waals surface area contributed by atoms with E-state index >= 15 is 0 Å². The van der Waals surface area contributed by atoms with Gasteiger partial charge in [0.1, 0.15) is 11.6 Å². The molecular weight excluding hydrogens is 291 g/mol. The Morgan fingerprint density at radius 2 is 1.86 bits per heavy atom. The van der Waals surface area contributed by atoms with Gasteiger partial charge in [-0.1, -0.05) is 18.2 Å². The second-order valence-electron chi connectivity index (χ2n) is 5.10. The molecule has 0 spiro atoms. The largest absolute Gasteiger partial charge is 0.250 e. The van der Waals surface area contributed by atoms with E-state index in [9.17, 15) is 12.8 Å². The Morgan fingerprint density at radius 1 is 1.14 bits per heavy atom. The molecule has 0 aliphatic heterocycles. The number of anilines is 1. The molecular formula is C15H15FN2O2S. The van der Waals surface area contributed by atoms with Crippen molar-refractivity contribution >= 4 is 15.8 Å². The molecule has 0 N–H and O–H groups in total. The molecule has 0 amide bonds. The molecule has 6 heteroatoms. The van der Waals surface area contributed by atoms with E-state index < -0.39 is 10.0 Å². The molecule has 1 fully saturated rings. The smallest absolute Gasteiger partial charge is 0.240 e. The van der Waals surface area contributed by atoms with Gasteiger partial charge in [-0.25, -0.2) is 17.8 Å². The molecule has 4 nitrogen and oxygen atoms in total. The molecule has 0 unspecified atom stereocenters. The Labute approximate surface area is 123 Å². The van der Waals surface area contributed by atoms with Crippen molar-refractivity contribution in [2.75, 3.05) is 4.31 Å². The summed E-state index contributed by atoms with van der Waals surface area (Å²) in [5.74, 6) is -0.0811. The minimum absolute atomic E-state index is 0.00894. The fourth-order valence-electron chi connectivity index (χ4n) is 2.21. The summed E-state index contributed by atoms with van der Waals surface area (Å²) in [6.07, 6.45) is 3.27. The normalized spacial score (nSPS) is 14.9. The van der Waals surface area contributed by atoms with Gasteiger partial charge in [-0.05, 0) is 42.7 Å². The zero-order chi connectivity index (χ0) is 14.9. The number of hydrogen-bond donors (Lipinski definition) is 0. The van der Waals surface area contributed by atoms with Gasteiger partial charge in [0, 0.05) is 12.2 Å². The van der Waals surface area contributed by atoms with Crippen LogP contribution in [0, 0.1) is 5.82 Å². The fraction of sp³-hybridized carbons (Fsp3) is 0.267. The first-order valence-corrected chi connectivity index (χ1v) is 8.35. The first-order chi connectivity index (χ1) is 10.1. The van der Waals surface area contributed by atoms with Gasteiger partial charge in [-0.15, -0.1) is 0 Å². The number of sulfonamides is 1. The van der Waals surface area contributed by atoms with Crippen molar-refractivity contribution in [2.45, 2.75) is 24.6 Å². The van der Waals surface area contributed by atoms with Crippen molar-refractivity contribution in [1.82, 2.24) is 4.98 Å². The standard InChI is InChI=1S/C15H15FN2O2S/c16-13-6-4-12(5-7-13)11-21(19,20)18(14-8-9-14)15-3-1-2-10-17-15/h1-7,10,14H,8-9,11H2. The van der Waals surface area contributed by atoms with E-state index in [0.29, 0.717) is 11.4 Å². The average molecular weight is 306 g/mol. The summed E-state index contributed by atoms with van der Waals surface area (Å²) in [5.41, 5.74) is 0.568. The highest BCUT2D eigenvalue weighted by Gasteiger charge is 2.38. The highest BCUT2D eigenvalue weighted by atomic mass is 32.2. The summed E-state index contributed by atoms with van der Waals surface area (Å²) in [6, 6.07) is 10.7. The van der Waals surface area contributed by atoms with E-state index in [4.69, 9.17) is 0 Å². The zero-order valence-electron chi connectivity index (χ0n) is 11.3. The molecule has 1 aromatic carbocycles. The molecule has 1 aliphatic carbocycles. The summed E-state index contributed by atoms with van der Waals surface area (Å²) >= 11 is 0. The maximum Gasteiger partial charge on any atom is 0.240 e. The molecule has 1 aromatic heterocycles. The first-order valence-electron chi connectivity index (χ1n) is 6.74. The average Bonchev–Trinajstić information content (AvgIpc) is 3.27. The van der Waals surface area contributed by atoms with Gasteiger partial charge in [-0.3, -0.25) is 4.31 Å². The van der Waals surface area contributed by atoms with Crippen LogP contribution in [0.25, 0.3) is 0 Å². The molecule has 110 valence electrons. The molecule has 1 aliphatic rings. The van der Waals surface area contributed by atoms with Crippen LogP contribution in [0.15, 0.2) is 48.7 Å². The molecule has 0 atom stereocenters. The lowest BCUT2D eigenvalue weighted by atomic mass is 10.2. The van der Waals surface area contributed by atoms with Crippen LogP contribution in [0.2, 0.25) is 0 Å². The van der Waals surface area contributed by atoms with E-state index in [1.165, 1.54) is 28.6 Å². The summed E-state index contributed by atoms with van der Waals surface area (Å²) in [5, 5.41) is 0. The summed E-state index contributed by atoms with van der Waals surface area (Å²) in [4.78, 5) is 4.15. The van der Waals surface area contributed by atoms with Gasteiger partial charge in [-0.2, -0.15) is 0 Å². The Hall–Kier alpha value is -1.95. The Kier molecular flexibility index (Phi) is 3.63. The maximum absolute atomic E-state index is 12.9. The Bertz CT molecular complexity index is 713. The highest BCUT2D eigenvalue weighted by Crippen LogP contribution is 2.34. The molecule has 21 heavy (non-hydrogen) atoms. The van der Waals surface area contributed by atoms with Crippen LogP contribution in [0.5, 0.6) is 0 Å². The molecule has 3 rings (SSSR count). The van der Waals surface area contributed by atoms with Crippen molar-refractivity contribution in [1.29, 1.82) is 0 Å². The fourth-order valence-corrected chi connectivity index (χ4v) is 4.02. The highest BCUT2D eigenvalue weighted by molar-refractivity contribution is 7.92. The molecule has 2 aromatic rings. The third-order valence-electron chi connectivity index (χ3n) is 3.32. The van der Waals surface area contributed by atoms with E-state index in [1.54, 1.807) is 24.4 Å². The zero-order valence-corrected chi connectivity index (χ0v) is 12.1. The molecule has 0 bridgehead atoms. The maximum atomic E-state index is 12.9. The monoisotopic (exact) mass is 306 g/mol. The number of rotatable bonds is 5. The van der Waals surface area contributed by atoms with Crippen LogP contribution in [0.4, 0.5) is 10.2 Å². The van der Waals surface area contributed by atoms with E-state index in [1.807, 2.05) is 0 Å². The number of aromatic nitrogens is 1. The third-order valence-corrected chi connectivity index (χ3v) is 5.10. The third kappa shape index (κ3) is 3.21. The van der Waals surface area contributed by atoms with Crippen LogP contribution in [-0.2, 0) is 15.8 Å². The topological polar surface area (TPSA) is 50.3 Å². The predicted molar refractivity (Wildman–Crippen MR) is 78.8 cm³/mol. The summed E-state index contributed by atoms with van der Waals surface area (Å²) in [6.45, 7) is 0. The van der Waals surface area contributed by atoms with E-state index in [2.05, 4.69) is 4.98 Å². The van der Waals surface area contributed by atoms with Crippen LogP contribution < -0.4 is 4.31 Å². The molecule has 0 saturated heterocycles. The van der Waals surface area contributed by atoms with Gasteiger partial charge < -0.3 is 0 Å². The van der Waals surface area contributed by atoms with Gasteiger partial charge in [0.2, 0.25) is 10.0 Å². The number of pyridine rings is 1. The van der Waals surface area contributed by atoms with E-state index in [-0.39, 0.29) is 17.6 Å². The minimum Gasteiger partial charge on any atom is -0.250 e. The second-order valence-corrected chi connectivity index (χ2v) is 6.94. The lowest BCUT2D eigenvalue weighted by Crippen LogP contribution is -2.34. The SMILES string of the molecule is O=S(=O)(Cc1ccc(F)cc1)N(c1ccccn1)C1CC1. The summed E-state index contributed by atoms with van der Waals surface area (Å²) < 4.78 is 39.6. The van der Waals surface area contributed by atoms with Crippen molar-refractivity contribution in [2.24, 2.45) is 0 Å². The molecule has 1 saturated carbocycles. The Balaban J connectivity index is 1.89. The number of nitrogens with zero attached hydrogens (tertiary/aromatic N) is 2. The predicted octanol–water partition coefficient (Wildman–Crippen LogP) is 2.72. The van der Waals surface area contributed by atoms with Crippen LogP contribution in [0.1, 0.15) is 18.4 Å². The van der Waals surface area contributed by atoms with Gasteiger partial charge in [0.25, 0.3) is 0 Å². The minimum atomic E-state index is -3.53. The van der Waals surface area contributed by atoms with Crippen molar-refractivity contribution in [3.63, 3.8) is 0 Å².